The Morgan fingerprint density at radius 2 is 1.48 bits per heavy atom. The van der Waals surface area contributed by atoms with Gasteiger partial charge in [0.25, 0.3) is 0 Å². The van der Waals surface area contributed by atoms with E-state index < -0.39 is 0 Å². The minimum Gasteiger partial charge on any atom is -0.103 e. The lowest BCUT2D eigenvalue weighted by Crippen LogP contribution is -2.43. The molecule has 0 bridgehead atoms. The Balaban J connectivity index is 2.02. The molecular weight excluding hydrogens is 348 g/mol. The summed E-state index contributed by atoms with van der Waals surface area (Å²) in [6, 6.07) is 18.1. The lowest BCUT2D eigenvalue weighted by atomic mass is 9.54. The average molecular weight is 381 g/mol. The SMILES string of the molecule is C=CCC1Cc2ccccc2C1(C=C)C1c2ccccc2CC1(CC=C)CC=C. The third-order valence-electron chi connectivity index (χ3n) is 7.52. The van der Waals surface area contributed by atoms with Crippen LogP contribution in [0.3, 0.4) is 0 Å². The first kappa shape index (κ1) is 19.7. The maximum absolute atomic E-state index is 4.46. The molecule has 29 heavy (non-hydrogen) atoms. The Morgan fingerprint density at radius 3 is 2.14 bits per heavy atom. The Labute approximate surface area is 176 Å². The predicted molar refractivity (Wildman–Crippen MR) is 125 cm³/mol. The Hall–Kier alpha value is -2.60. The first-order valence-electron chi connectivity index (χ1n) is 10.8. The monoisotopic (exact) mass is 380 g/mol. The van der Waals surface area contributed by atoms with Gasteiger partial charge in [0, 0.05) is 11.3 Å². The molecule has 4 rings (SSSR count). The van der Waals surface area contributed by atoms with Gasteiger partial charge in [-0.25, -0.2) is 0 Å². The topological polar surface area (TPSA) is 0 Å². The number of hydrogen-bond donors (Lipinski definition) is 0. The summed E-state index contributed by atoms with van der Waals surface area (Å²) in [6.07, 6.45) is 13.7. The van der Waals surface area contributed by atoms with Crippen molar-refractivity contribution in [3.05, 3.63) is 121 Å². The van der Waals surface area contributed by atoms with E-state index in [1.54, 1.807) is 0 Å². The van der Waals surface area contributed by atoms with Gasteiger partial charge >= 0.3 is 0 Å². The maximum atomic E-state index is 4.46. The van der Waals surface area contributed by atoms with Gasteiger partial charge in [-0.1, -0.05) is 72.8 Å². The molecule has 0 spiro atoms. The van der Waals surface area contributed by atoms with Crippen LogP contribution in [0.4, 0.5) is 0 Å². The highest BCUT2D eigenvalue weighted by Crippen LogP contribution is 2.65. The summed E-state index contributed by atoms with van der Waals surface area (Å²) in [7, 11) is 0. The van der Waals surface area contributed by atoms with Crippen molar-refractivity contribution in [3.63, 3.8) is 0 Å². The van der Waals surface area contributed by atoms with Crippen LogP contribution in [0.15, 0.2) is 99.2 Å². The second kappa shape index (κ2) is 7.67. The van der Waals surface area contributed by atoms with Crippen molar-refractivity contribution in [1.29, 1.82) is 0 Å². The van der Waals surface area contributed by atoms with Crippen LogP contribution in [0, 0.1) is 11.3 Å². The molecule has 2 aromatic carbocycles. The summed E-state index contributed by atoms with van der Waals surface area (Å²) < 4.78 is 0. The molecule has 0 aromatic heterocycles. The van der Waals surface area contributed by atoms with Crippen LogP contribution < -0.4 is 0 Å². The van der Waals surface area contributed by atoms with Gasteiger partial charge in [0.05, 0.1) is 0 Å². The van der Waals surface area contributed by atoms with E-state index in [0.29, 0.717) is 11.8 Å². The van der Waals surface area contributed by atoms with Gasteiger partial charge in [0.15, 0.2) is 0 Å². The molecule has 3 atom stereocenters. The van der Waals surface area contributed by atoms with Crippen molar-refractivity contribution >= 4 is 0 Å². The number of rotatable bonds is 8. The van der Waals surface area contributed by atoms with Crippen LogP contribution in [0.5, 0.6) is 0 Å². The second-order valence-electron chi connectivity index (χ2n) is 8.88. The molecule has 2 aliphatic carbocycles. The summed E-state index contributed by atoms with van der Waals surface area (Å²) in [6.45, 7) is 16.9. The molecule has 0 N–H and O–H groups in total. The molecule has 0 heterocycles. The van der Waals surface area contributed by atoms with Crippen molar-refractivity contribution in [2.45, 2.75) is 43.4 Å². The van der Waals surface area contributed by atoms with Gasteiger partial charge in [-0.15, -0.1) is 26.3 Å². The van der Waals surface area contributed by atoms with Crippen LogP contribution in [-0.2, 0) is 18.3 Å². The van der Waals surface area contributed by atoms with Crippen LogP contribution in [0.25, 0.3) is 0 Å². The Bertz CT molecular complexity index is 936. The molecule has 0 fully saturated rings. The normalized spacial score (nSPS) is 26.3. The van der Waals surface area contributed by atoms with E-state index in [1.807, 2.05) is 0 Å². The number of allylic oxidation sites excluding steroid dienone is 4. The van der Waals surface area contributed by atoms with Gasteiger partial charge in [-0.05, 0) is 65.7 Å². The van der Waals surface area contributed by atoms with E-state index in [4.69, 9.17) is 0 Å². The van der Waals surface area contributed by atoms with Crippen molar-refractivity contribution in [3.8, 4) is 0 Å². The van der Waals surface area contributed by atoms with E-state index >= 15 is 0 Å². The summed E-state index contributed by atoms with van der Waals surface area (Å²) in [5.41, 5.74) is 5.86. The first-order chi connectivity index (χ1) is 14.2. The van der Waals surface area contributed by atoms with Gasteiger partial charge in [-0.3, -0.25) is 0 Å². The van der Waals surface area contributed by atoms with Gasteiger partial charge in [0.2, 0.25) is 0 Å². The predicted octanol–water partition coefficient (Wildman–Crippen LogP) is 7.34. The highest BCUT2D eigenvalue weighted by Gasteiger charge is 2.58. The minimum atomic E-state index is -0.108. The molecule has 0 heteroatoms. The molecular formula is C29H32. The zero-order valence-corrected chi connectivity index (χ0v) is 17.4. The van der Waals surface area contributed by atoms with Gasteiger partial charge < -0.3 is 0 Å². The fourth-order valence-electron chi connectivity index (χ4n) is 6.63. The Morgan fingerprint density at radius 1 is 0.828 bits per heavy atom. The molecule has 0 amide bonds. The molecule has 2 aromatic rings. The van der Waals surface area contributed by atoms with Crippen molar-refractivity contribution in [2.75, 3.05) is 0 Å². The second-order valence-corrected chi connectivity index (χ2v) is 8.88. The molecule has 3 unspecified atom stereocenters. The maximum Gasteiger partial charge on any atom is 0.0241 e. The van der Waals surface area contributed by atoms with Crippen LogP contribution in [-0.4, -0.2) is 0 Å². The fourth-order valence-corrected chi connectivity index (χ4v) is 6.63. The Kier molecular flexibility index (Phi) is 5.21. The van der Waals surface area contributed by atoms with Crippen molar-refractivity contribution in [2.24, 2.45) is 11.3 Å². The summed E-state index contributed by atoms with van der Waals surface area (Å²) in [4.78, 5) is 0. The molecule has 0 aliphatic heterocycles. The molecule has 0 radical (unpaired) electrons. The molecule has 148 valence electrons. The number of hydrogen-bond acceptors (Lipinski definition) is 0. The first-order valence-corrected chi connectivity index (χ1v) is 10.8. The third-order valence-corrected chi connectivity index (χ3v) is 7.52. The minimum absolute atomic E-state index is 0.0816. The van der Waals surface area contributed by atoms with E-state index in [-0.39, 0.29) is 10.8 Å². The number of benzene rings is 2. The third kappa shape index (κ3) is 2.81. The standard InChI is InChI=1S/C29H32/c1-5-13-24-20-22-14-10-12-17-26(22)29(24,8-4)27-25-16-11-9-15-23(25)21-28(27,18-6-2)19-7-3/h5-12,14-17,24,27H,1-4,13,18-21H2. The smallest absolute Gasteiger partial charge is 0.0241 e. The van der Waals surface area contributed by atoms with E-state index in [2.05, 4.69) is 99.2 Å². The number of fused-ring (bicyclic) bond motifs is 2. The lowest BCUT2D eigenvalue weighted by Gasteiger charge is -2.48. The highest BCUT2D eigenvalue weighted by molar-refractivity contribution is 5.53. The summed E-state index contributed by atoms with van der Waals surface area (Å²) >= 11 is 0. The molecule has 0 saturated heterocycles. The van der Waals surface area contributed by atoms with Crippen LogP contribution in [0.2, 0.25) is 0 Å². The highest BCUT2D eigenvalue weighted by atomic mass is 14.6. The van der Waals surface area contributed by atoms with Gasteiger partial charge in [-0.2, -0.15) is 0 Å². The summed E-state index contributed by atoms with van der Waals surface area (Å²) in [5.74, 6) is 0.827. The molecule has 2 aliphatic rings. The van der Waals surface area contributed by atoms with Crippen molar-refractivity contribution in [1.82, 2.24) is 0 Å². The van der Waals surface area contributed by atoms with Gasteiger partial charge in [0.1, 0.15) is 0 Å². The van der Waals surface area contributed by atoms with Crippen molar-refractivity contribution < 1.29 is 0 Å². The van der Waals surface area contributed by atoms with Crippen LogP contribution >= 0.6 is 0 Å². The quantitative estimate of drug-likeness (QED) is 0.420. The largest absolute Gasteiger partial charge is 0.103 e. The average Bonchev–Trinajstić information content (AvgIpc) is 3.21. The zero-order valence-electron chi connectivity index (χ0n) is 17.4. The van der Waals surface area contributed by atoms with E-state index in [9.17, 15) is 0 Å². The molecule has 0 saturated carbocycles. The lowest BCUT2D eigenvalue weighted by molar-refractivity contribution is 0.153. The summed E-state index contributed by atoms with van der Waals surface area (Å²) in [5, 5.41) is 0. The van der Waals surface area contributed by atoms with E-state index in [0.717, 1.165) is 32.1 Å². The van der Waals surface area contributed by atoms with E-state index in [1.165, 1.54) is 22.3 Å². The fraction of sp³-hybridized carbons (Fsp3) is 0.310. The zero-order chi connectivity index (χ0) is 20.5. The molecule has 0 nitrogen and oxygen atoms in total. The van der Waals surface area contributed by atoms with Crippen LogP contribution in [0.1, 0.15) is 47.4 Å².